The number of piperidine rings is 1. The summed E-state index contributed by atoms with van der Waals surface area (Å²) in [5.74, 6) is -0.874. The number of sulfonamides is 1. The third-order valence-electron chi connectivity index (χ3n) is 3.95. The van der Waals surface area contributed by atoms with E-state index in [0.29, 0.717) is 19.4 Å². The number of aromatic nitrogens is 1. The largest absolute Gasteiger partial charge is 0.481 e. The SMILES string of the molecule is N#Cc1cncc(S(=O)(=O)N2CCCCC2CCCC(=O)O)c1. The normalized spacial score (nSPS) is 19.2. The molecule has 1 aliphatic rings. The first kappa shape index (κ1) is 17.4. The van der Waals surface area contributed by atoms with E-state index in [2.05, 4.69) is 4.98 Å². The maximum atomic E-state index is 12.8. The molecule has 1 aliphatic heterocycles. The number of rotatable bonds is 6. The number of aliphatic carboxylic acids is 1. The summed E-state index contributed by atoms with van der Waals surface area (Å²) in [5, 5.41) is 17.6. The van der Waals surface area contributed by atoms with Crippen molar-refractivity contribution in [2.45, 2.75) is 49.5 Å². The molecule has 0 bridgehead atoms. The fourth-order valence-electron chi connectivity index (χ4n) is 2.82. The highest BCUT2D eigenvalue weighted by atomic mass is 32.2. The lowest BCUT2D eigenvalue weighted by Gasteiger charge is -2.34. The van der Waals surface area contributed by atoms with Gasteiger partial charge in [0.1, 0.15) is 11.0 Å². The molecule has 1 aromatic heterocycles. The van der Waals surface area contributed by atoms with Crippen LogP contribution in [0, 0.1) is 11.3 Å². The van der Waals surface area contributed by atoms with Crippen molar-refractivity contribution in [1.29, 1.82) is 5.26 Å². The molecule has 0 amide bonds. The van der Waals surface area contributed by atoms with Gasteiger partial charge in [0.15, 0.2) is 0 Å². The van der Waals surface area contributed by atoms with Crippen LogP contribution in [0.3, 0.4) is 0 Å². The van der Waals surface area contributed by atoms with E-state index in [1.807, 2.05) is 6.07 Å². The van der Waals surface area contributed by atoms with Crippen molar-refractivity contribution >= 4 is 16.0 Å². The van der Waals surface area contributed by atoms with Gasteiger partial charge in [-0.05, 0) is 31.7 Å². The first-order valence-corrected chi connectivity index (χ1v) is 8.98. The van der Waals surface area contributed by atoms with Crippen molar-refractivity contribution in [3.63, 3.8) is 0 Å². The molecule has 2 heterocycles. The molecule has 1 aromatic rings. The Morgan fingerprint density at radius 1 is 1.43 bits per heavy atom. The Morgan fingerprint density at radius 2 is 2.22 bits per heavy atom. The number of carboxylic acid groups (broad SMARTS) is 1. The predicted octanol–water partition coefficient (Wildman–Crippen LogP) is 1.75. The number of carboxylic acids is 1. The first-order chi connectivity index (χ1) is 10.9. The zero-order valence-corrected chi connectivity index (χ0v) is 13.5. The summed E-state index contributed by atoms with van der Waals surface area (Å²) in [6.45, 7) is 0.414. The summed E-state index contributed by atoms with van der Waals surface area (Å²) >= 11 is 0. The van der Waals surface area contributed by atoms with E-state index in [9.17, 15) is 13.2 Å². The third-order valence-corrected chi connectivity index (χ3v) is 5.87. The molecule has 7 nitrogen and oxygen atoms in total. The van der Waals surface area contributed by atoms with E-state index >= 15 is 0 Å². The zero-order chi connectivity index (χ0) is 16.9. The zero-order valence-electron chi connectivity index (χ0n) is 12.7. The van der Waals surface area contributed by atoms with Gasteiger partial charge in [0.05, 0.1) is 5.56 Å². The lowest BCUT2D eigenvalue weighted by Crippen LogP contribution is -2.43. The number of pyridine rings is 1. The Hall–Kier alpha value is -1.98. The minimum Gasteiger partial charge on any atom is -0.481 e. The van der Waals surface area contributed by atoms with Crippen molar-refractivity contribution in [2.75, 3.05) is 6.54 Å². The Kier molecular flexibility index (Phi) is 5.69. The summed E-state index contributed by atoms with van der Waals surface area (Å²) in [5.41, 5.74) is 0.200. The van der Waals surface area contributed by atoms with Gasteiger partial charge >= 0.3 is 5.97 Å². The third kappa shape index (κ3) is 4.27. The Morgan fingerprint density at radius 3 is 2.91 bits per heavy atom. The minimum absolute atomic E-state index is 0.0154. The van der Waals surface area contributed by atoms with Crippen molar-refractivity contribution in [2.24, 2.45) is 0 Å². The van der Waals surface area contributed by atoms with Gasteiger partial charge in [0.25, 0.3) is 0 Å². The lowest BCUT2D eigenvalue weighted by molar-refractivity contribution is -0.137. The van der Waals surface area contributed by atoms with Gasteiger partial charge in [-0.15, -0.1) is 0 Å². The highest BCUT2D eigenvalue weighted by Crippen LogP contribution is 2.28. The standard InChI is InChI=1S/C15H19N3O4S/c16-9-12-8-14(11-17-10-12)23(21,22)18-7-2-1-4-13(18)5-3-6-15(19)20/h8,10-11,13H,1-7H2,(H,19,20). The van der Waals surface area contributed by atoms with Crippen LogP contribution >= 0.6 is 0 Å². The second-order valence-corrected chi connectivity index (χ2v) is 7.46. The molecule has 0 aliphatic carbocycles. The van der Waals surface area contributed by atoms with Crippen molar-refractivity contribution in [1.82, 2.24) is 9.29 Å². The number of hydrogen-bond acceptors (Lipinski definition) is 5. The summed E-state index contributed by atoms with van der Waals surface area (Å²) in [7, 11) is -3.72. The molecule has 1 fully saturated rings. The molecule has 8 heteroatoms. The molecule has 1 unspecified atom stereocenters. The molecule has 0 aromatic carbocycles. The highest BCUT2D eigenvalue weighted by molar-refractivity contribution is 7.89. The van der Waals surface area contributed by atoms with E-state index in [1.54, 1.807) is 0 Å². The Labute approximate surface area is 135 Å². The van der Waals surface area contributed by atoms with Crippen molar-refractivity contribution in [3.8, 4) is 6.07 Å². The average Bonchev–Trinajstić information content (AvgIpc) is 2.55. The maximum absolute atomic E-state index is 12.8. The fraction of sp³-hybridized carbons (Fsp3) is 0.533. The van der Waals surface area contributed by atoms with E-state index in [1.165, 1.54) is 22.8 Å². The van der Waals surface area contributed by atoms with E-state index < -0.39 is 16.0 Å². The molecule has 1 saturated heterocycles. The second-order valence-electron chi connectivity index (χ2n) is 5.57. The first-order valence-electron chi connectivity index (χ1n) is 7.54. The molecule has 2 rings (SSSR count). The van der Waals surface area contributed by atoms with Gasteiger partial charge in [-0.1, -0.05) is 6.42 Å². The number of hydrogen-bond donors (Lipinski definition) is 1. The van der Waals surface area contributed by atoms with Crippen LogP contribution in [0.2, 0.25) is 0 Å². The molecule has 23 heavy (non-hydrogen) atoms. The molecular formula is C15H19N3O4S. The molecule has 1 atom stereocenters. The fourth-order valence-corrected chi connectivity index (χ4v) is 4.54. The second kappa shape index (κ2) is 7.53. The lowest BCUT2D eigenvalue weighted by atomic mass is 10.00. The van der Waals surface area contributed by atoms with Crippen LogP contribution < -0.4 is 0 Å². The summed E-state index contributed by atoms with van der Waals surface area (Å²) in [4.78, 5) is 14.5. The maximum Gasteiger partial charge on any atom is 0.303 e. The Balaban J connectivity index is 2.20. The van der Waals surface area contributed by atoms with Gasteiger partial charge in [0, 0.05) is 31.4 Å². The molecule has 0 radical (unpaired) electrons. The van der Waals surface area contributed by atoms with E-state index in [-0.39, 0.29) is 22.9 Å². The molecule has 0 saturated carbocycles. The van der Waals surface area contributed by atoms with Gasteiger partial charge in [-0.2, -0.15) is 9.57 Å². The Bertz CT molecular complexity index is 712. The van der Waals surface area contributed by atoms with E-state index in [0.717, 1.165) is 19.3 Å². The average molecular weight is 337 g/mol. The topological polar surface area (TPSA) is 111 Å². The van der Waals surface area contributed by atoms with Crippen molar-refractivity contribution < 1.29 is 18.3 Å². The number of nitriles is 1. The van der Waals surface area contributed by atoms with Gasteiger partial charge in [0.2, 0.25) is 10.0 Å². The molecule has 0 spiro atoms. The molecular weight excluding hydrogens is 318 g/mol. The van der Waals surface area contributed by atoms with Gasteiger partial charge in [-0.25, -0.2) is 8.42 Å². The predicted molar refractivity (Wildman–Crippen MR) is 82.0 cm³/mol. The van der Waals surface area contributed by atoms with Crippen LogP contribution in [0.25, 0.3) is 0 Å². The number of carbonyl (C=O) groups is 1. The quantitative estimate of drug-likeness (QED) is 0.846. The molecule has 1 N–H and O–H groups in total. The summed E-state index contributed by atoms with van der Waals surface area (Å²) in [6, 6.07) is 3.02. The smallest absolute Gasteiger partial charge is 0.303 e. The monoisotopic (exact) mass is 337 g/mol. The highest BCUT2D eigenvalue weighted by Gasteiger charge is 2.33. The van der Waals surface area contributed by atoms with Gasteiger partial charge in [-0.3, -0.25) is 9.78 Å². The van der Waals surface area contributed by atoms with Crippen LogP contribution in [0.5, 0.6) is 0 Å². The van der Waals surface area contributed by atoms with Crippen LogP contribution in [0.15, 0.2) is 23.4 Å². The van der Waals surface area contributed by atoms with Crippen molar-refractivity contribution in [3.05, 3.63) is 24.0 Å². The molecule has 124 valence electrons. The summed E-state index contributed by atoms with van der Waals surface area (Å²) < 4.78 is 27.1. The number of nitrogens with zero attached hydrogens (tertiary/aromatic N) is 3. The van der Waals surface area contributed by atoms with Crippen LogP contribution in [-0.4, -0.2) is 41.4 Å². The minimum atomic E-state index is -3.72. The van der Waals surface area contributed by atoms with Crippen LogP contribution in [0.1, 0.15) is 44.1 Å². The van der Waals surface area contributed by atoms with Crippen LogP contribution in [0.4, 0.5) is 0 Å². The summed E-state index contributed by atoms with van der Waals surface area (Å²) in [6.07, 6.45) is 6.01. The van der Waals surface area contributed by atoms with E-state index in [4.69, 9.17) is 10.4 Å². The van der Waals surface area contributed by atoms with Gasteiger partial charge < -0.3 is 5.11 Å². The van der Waals surface area contributed by atoms with Crippen LogP contribution in [-0.2, 0) is 14.8 Å².